The van der Waals surface area contributed by atoms with Gasteiger partial charge in [0.2, 0.25) is 0 Å². The Balaban J connectivity index is 2.02. The molecule has 3 nitrogen and oxygen atoms in total. The molecule has 112 valence electrons. The van der Waals surface area contributed by atoms with Gasteiger partial charge in [0.15, 0.2) is 0 Å². The lowest BCUT2D eigenvalue weighted by molar-refractivity contribution is 0.628. The molecule has 2 heterocycles. The topological polar surface area (TPSA) is 62.8 Å². The number of thiazole rings is 1. The normalized spacial score (nSPS) is 10.8. The number of thiophene rings is 1. The molecule has 0 spiro atoms. The number of hydrogen-bond acceptors (Lipinski definition) is 5. The van der Waals surface area contributed by atoms with Crippen molar-refractivity contribution in [3.8, 4) is 21.8 Å². The molecule has 0 fully saturated rings. The summed E-state index contributed by atoms with van der Waals surface area (Å²) in [4.78, 5) is 5.34. The van der Waals surface area contributed by atoms with E-state index in [0.717, 1.165) is 30.9 Å². The van der Waals surface area contributed by atoms with E-state index in [-0.39, 0.29) is 11.7 Å². The van der Waals surface area contributed by atoms with E-state index in [0.29, 0.717) is 0 Å². The first-order valence-corrected chi connectivity index (χ1v) is 9.24. The van der Waals surface area contributed by atoms with Gasteiger partial charge < -0.3 is 5.73 Å². The molecule has 0 amide bonds. The summed E-state index contributed by atoms with van der Waals surface area (Å²) in [6.07, 6.45) is 1.99. The van der Waals surface area contributed by atoms with Crippen molar-refractivity contribution in [3.05, 3.63) is 46.4 Å². The minimum absolute atomic E-state index is 0.0634. The molecule has 0 aliphatic carbocycles. The SMILES string of the molecule is CSc1sc(C(=N)N)cc1-c1nc(-c2cccc(F)c2)cs1. The summed E-state index contributed by atoms with van der Waals surface area (Å²) in [6.45, 7) is 0. The van der Waals surface area contributed by atoms with Crippen LogP contribution >= 0.6 is 34.4 Å². The summed E-state index contributed by atoms with van der Waals surface area (Å²) in [7, 11) is 0. The molecule has 7 heteroatoms. The van der Waals surface area contributed by atoms with Gasteiger partial charge >= 0.3 is 0 Å². The summed E-state index contributed by atoms with van der Waals surface area (Å²) in [5.41, 5.74) is 8.06. The molecule has 22 heavy (non-hydrogen) atoms. The van der Waals surface area contributed by atoms with Crippen molar-refractivity contribution in [1.82, 2.24) is 4.98 Å². The molecule has 0 saturated carbocycles. The fraction of sp³-hybridized carbons (Fsp3) is 0.0667. The van der Waals surface area contributed by atoms with Crippen LogP contribution in [0.3, 0.4) is 0 Å². The van der Waals surface area contributed by atoms with Crippen LogP contribution < -0.4 is 5.73 Å². The average molecular weight is 349 g/mol. The van der Waals surface area contributed by atoms with Gasteiger partial charge in [0.1, 0.15) is 16.7 Å². The van der Waals surface area contributed by atoms with E-state index in [1.807, 2.05) is 23.8 Å². The third-order valence-corrected chi connectivity index (χ3v) is 6.18. The molecule has 0 radical (unpaired) electrons. The zero-order chi connectivity index (χ0) is 15.7. The number of amidine groups is 1. The fourth-order valence-electron chi connectivity index (χ4n) is 1.99. The lowest BCUT2D eigenvalue weighted by atomic mass is 10.2. The molecule has 0 saturated heterocycles. The predicted octanol–water partition coefficient (Wildman–Crippen LogP) is 4.68. The Morgan fingerprint density at radius 3 is 2.86 bits per heavy atom. The standard InChI is InChI=1S/C15H12FN3S3/c1-20-15-10(6-12(22-15)13(17)18)14-19-11(7-21-14)8-3-2-4-9(16)5-8/h2-7H,1H3,(H3,17,18). The maximum Gasteiger partial charge on any atom is 0.133 e. The molecule has 0 unspecified atom stereocenters. The van der Waals surface area contributed by atoms with E-state index >= 15 is 0 Å². The highest BCUT2D eigenvalue weighted by atomic mass is 32.2. The Morgan fingerprint density at radius 1 is 1.36 bits per heavy atom. The minimum atomic E-state index is -0.272. The molecule has 0 aliphatic rings. The number of benzene rings is 1. The number of nitrogens with zero attached hydrogens (tertiary/aromatic N) is 1. The number of nitrogens with two attached hydrogens (primary N) is 1. The zero-order valence-electron chi connectivity index (χ0n) is 11.6. The number of thioether (sulfide) groups is 1. The Bertz CT molecular complexity index is 838. The second kappa shape index (κ2) is 6.20. The molecular weight excluding hydrogens is 337 g/mol. The van der Waals surface area contributed by atoms with E-state index < -0.39 is 0 Å². The van der Waals surface area contributed by atoms with Crippen molar-refractivity contribution >= 4 is 40.3 Å². The zero-order valence-corrected chi connectivity index (χ0v) is 14.0. The molecular formula is C15H12FN3S3. The van der Waals surface area contributed by atoms with Gasteiger partial charge in [-0.1, -0.05) is 12.1 Å². The van der Waals surface area contributed by atoms with Crippen LogP contribution in [0.25, 0.3) is 21.8 Å². The summed E-state index contributed by atoms with van der Waals surface area (Å²) in [5, 5.41) is 10.3. The highest BCUT2D eigenvalue weighted by Crippen LogP contribution is 2.40. The second-order valence-electron chi connectivity index (χ2n) is 4.48. The molecule has 1 aromatic carbocycles. The Kier molecular flexibility index (Phi) is 4.28. The molecule has 3 aromatic rings. The third-order valence-electron chi connectivity index (χ3n) is 3.00. The van der Waals surface area contributed by atoms with Crippen LogP contribution in [0.15, 0.2) is 39.9 Å². The van der Waals surface area contributed by atoms with E-state index in [1.165, 1.54) is 34.8 Å². The van der Waals surface area contributed by atoms with Crippen LogP contribution in [0.5, 0.6) is 0 Å². The van der Waals surface area contributed by atoms with Crippen LogP contribution in [-0.4, -0.2) is 17.1 Å². The molecule has 3 rings (SSSR count). The number of rotatable bonds is 4. The number of nitrogen functional groups attached to an aromatic ring is 1. The second-order valence-corrected chi connectivity index (χ2v) is 7.46. The summed E-state index contributed by atoms with van der Waals surface area (Å²) < 4.78 is 14.4. The van der Waals surface area contributed by atoms with E-state index in [9.17, 15) is 4.39 Å². The van der Waals surface area contributed by atoms with Gasteiger partial charge in [-0.25, -0.2) is 9.37 Å². The first kappa shape index (κ1) is 15.2. The number of aromatic nitrogens is 1. The lowest BCUT2D eigenvalue weighted by Crippen LogP contribution is -2.08. The lowest BCUT2D eigenvalue weighted by Gasteiger charge is -1.97. The van der Waals surface area contributed by atoms with Crippen molar-refractivity contribution in [3.63, 3.8) is 0 Å². The average Bonchev–Trinajstić information content (AvgIpc) is 3.13. The Morgan fingerprint density at radius 2 is 2.18 bits per heavy atom. The van der Waals surface area contributed by atoms with Crippen molar-refractivity contribution < 1.29 is 4.39 Å². The van der Waals surface area contributed by atoms with Crippen LogP contribution in [0.2, 0.25) is 0 Å². The third kappa shape index (κ3) is 2.92. The molecule has 0 atom stereocenters. The van der Waals surface area contributed by atoms with Crippen molar-refractivity contribution in [2.75, 3.05) is 6.26 Å². The number of hydrogen-bond donors (Lipinski definition) is 2. The van der Waals surface area contributed by atoms with Crippen LogP contribution in [0, 0.1) is 11.2 Å². The predicted molar refractivity (Wildman–Crippen MR) is 93.6 cm³/mol. The minimum Gasteiger partial charge on any atom is -0.383 e. The smallest absolute Gasteiger partial charge is 0.133 e. The van der Waals surface area contributed by atoms with Gasteiger partial charge in [0.25, 0.3) is 0 Å². The van der Waals surface area contributed by atoms with E-state index in [4.69, 9.17) is 11.1 Å². The van der Waals surface area contributed by atoms with Crippen molar-refractivity contribution in [2.45, 2.75) is 4.21 Å². The fourth-order valence-corrected chi connectivity index (χ4v) is 4.70. The summed E-state index contributed by atoms with van der Waals surface area (Å²) in [5.74, 6) is -0.209. The van der Waals surface area contributed by atoms with Gasteiger partial charge in [0, 0.05) is 16.5 Å². The largest absolute Gasteiger partial charge is 0.383 e. The van der Waals surface area contributed by atoms with Gasteiger partial charge in [-0.15, -0.1) is 34.4 Å². The summed E-state index contributed by atoms with van der Waals surface area (Å²) in [6, 6.07) is 8.30. The maximum atomic E-state index is 13.3. The van der Waals surface area contributed by atoms with Gasteiger partial charge in [-0.3, -0.25) is 5.41 Å². The van der Waals surface area contributed by atoms with Crippen LogP contribution in [-0.2, 0) is 0 Å². The quantitative estimate of drug-likeness (QED) is 0.408. The van der Waals surface area contributed by atoms with E-state index in [2.05, 4.69) is 4.98 Å². The molecule has 3 N–H and O–H groups in total. The maximum absolute atomic E-state index is 13.3. The van der Waals surface area contributed by atoms with Crippen LogP contribution in [0.4, 0.5) is 4.39 Å². The number of halogens is 1. The van der Waals surface area contributed by atoms with Gasteiger partial charge in [-0.2, -0.15) is 0 Å². The molecule has 0 aliphatic heterocycles. The van der Waals surface area contributed by atoms with Crippen LogP contribution in [0.1, 0.15) is 4.88 Å². The Hall–Kier alpha value is -1.70. The van der Waals surface area contributed by atoms with Crippen molar-refractivity contribution in [2.24, 2.45) is 5.73 Å². The van der Waals surface area contributed by atoms with E-state index in [1.54, 1.807) is 17.8 Å². The molecule has 2 aromatic heterocycles. The van der Waals surface area contributed by atoms with Gasteiger partial charge in [-0.05, 0) is 24.5 Å². The summed E-state index contributed by atoms with van der Waals surface area (Å²) >= 11 is 4.61. The Labute approximate surface area is 139 Å². The highest BCUT2D eigenvalue weighted by molar-refractivity contribution is 8.00. The van der Waals surface area contributed by atoms with Crippen molar-refractivity contribution in [1.29, 1.82) is 5.41 Å². The molecule has 0 bridgehead atoms. The number of nitrogens with one attached hydrogen (secondary N) is 1. The monoisotopic (exact) mass is 349 g/mol. The first-order chi connectivity index (χ1) is 10.6. The van der Waals surface area contributed by atoms with Gasteiger partial charge in [0.05, 0.1) is 14.8 Å². The first-order valence-electron chi connectivity index (χ1n) is 6.32. The highest BCUT2D eigenvalue weighted by Gasteiger charge is 2.15.